The molecule has 4 aromatic rings. The molecule has 16 nitrogen and oxygen atoms in total. The lowest BCUT2D eigenvalue weighted by Gasteiger charge is -2.46. The van der Waals surface area contributed by atoms with Gasteiger partial charge in [-0.2, -0.15) is 0 Å². The first kappa shape index (κ1) is 59.9. The van der Waals surface area contributed by atoms with Crippen LogP contribution in [0.5, 0.6) is 57.5 Å². The predicted octanol–water partition coefficient (Wildman–Crippen LogP) is 2.09. The first-order valence-electron chi connectivity index (χ1n) is 24.3. The minimum absolute atomic E-state index is 0. The van der Waals surface area contributed by atoms with Crippen LogP contribution in [0.4, 0.5) is 0 Å². The van der Waals surface area contributed by atoms with Crippen molar-refractivity contribution in [2.75, 3.05) is 125 Å². The Morgan fingerprint density at radius 1 is 0.438 bits per heavy atom. The topological polar surface area (TPSA) is 145 Å². The number of ether oxygens (including phenoxy) is 12. The fourth-order valence-corrected chi connectivity index (χ4v) is 10.6. The second kappa shape index (κ2) is 27.6. The number of methoxy groups -OCH3 is 10. The summed E-state index contributed by atoms with van der Waals surface area (Å²) in [6, 6.07) is 16.4. The van der Waals surface area contributed by atoms with E-state index in [0.29, 0.717) is 98.6 Å². The second-order valence-corrected chi connectivity index (χ2v) is 18.7. The van der Waals surface area contributed by atoms with Crippen molar-refractivity contribution in [2.24, 2.45) is 0 Å². The maximum absolute atomic E-state index is 13.0. The number of rotatable bonds is 26. The number of quaternary nitrogens is 2. The fourth-order valence-electron chi connectivity index (χ4n) is 10.6. The van der Waals surface area contributed by atoms with Crippen LogP contribution in [0.3, 0.4) is 0 Å². The van der Waals surface area contributed by atoms with Crippen molar-refractivity contribution in [1.29, 1.82) is 0 Å². The molecule has 18 heteroatoms. The van der Waals surface area contributed by atoms with Crippen LogP contribution in [0.2, 0.25) is 0 Å². The van der Waals surface area contributed by atoms with Crippen molar-refractivity contribution in [2.45, 2.75) is 69.9 Å². The number of hydrogen-bond donors (Lipinski definition) is 0. The van der Waals surface area contributed by atoms with E-state index < -0.39 is 0 Å². The number of likely N-dealkylation sites (N-methyl/N-ethyl adjacent to an activating group) is 2. The maximum atomic E-state index is 13.0. The largest absolute Gasteiger partial charge is 1.00 e. The van der Waals surface area contributed by atoms with Crippen LogP contribution in [-0.4, -0.2) is 145 Å². The normalized spacial score (nSPS) is 18.5. The molecular weight excluding hydrogens is 984 g/mol. The van der Waals surface area contributed by atoms with Crippen LogP contribution >= 0.6 is 0 Å². The van der Waals surface area contributed by atoms with Gasteiger partial charge in [0, 0.05) is 62.5 Å². The van der Waals surface area contributed by atoms with Gasteiger partial charge in [-0.15, -0.1) is 0 Å². The summed E-state index contributed by atoms with van der Waals surface area (Å²) in [6.07, 6.45) is 4.99. The summed E-state index contributed by atoms with van der Waals surface area (Å²) in [7, 11) is 20.8. The van der Waals surface area contributed by atoms with Crippen LogP contribution in [-0.2, 0) is 44.7 Å². The molecule has 2 aliphatic rings. The van der Waals surface area contributed by atoms with Gasteiger partial charge in [0.1, 0.15) is 12.1 Å². The highest BCUT2D eigenvalue weighted by molar-refractivity contribution is 5.72. The molecule has 2 aliphatic heterocycles. The van der Waals surface area contributed by atoms with Crippen molar-refractivity contribution in [3.63, 3.8) is 0 Å². The summed E-state index contributed by atoms with van der Waals surface area (Å²) in [5.41, 5.74) is 6.86. The van der Waals surface area contributed by atoms with E-state index >= 15 is 0 Å². The number of hydrogen-bond acceptors (Lipinski definition) is 14. The summed E-state index contributed by atoms with van der Waals surface area (Å²) < 4.78 is 69.8. The average Bonchev–Trinajstić information content (AvgIpc) is 3.39. The molecule has 0 aliphatic carbocycles. The molecule has 0 amide bonds. The number of carbonyl (C=O) groups is 2. The smallest absolute Gasteiger partial charge is 0.305 e. The lowest BCUT2D eigenvalue weighted by molar-refractivity contribution is -0.941. The number of carbonyl (C=O) groups excluding carboxylic acids is 2. The van der Waals surface area contributed by atoms with Crippen molar-refractivity contribution < 1.29 is 100 Å². The zero-order valence-electron chi connectivity index (χ0n) is 44.7. The molecule has 0 aromatic heterocycles. The summed E-state index contributed by atoms with van der Waals surface area (Å²) in [5.74, 6) is 5.56. The third kappa shape index (κ3) is 13.9. The molecule has 2 unspecified atom stereocenters. The van der Waals surface area contributed by atoms with Gasteiger partial charge in [-0.25, -0.2) is 0 Å². The highest BCUT2D eigenvalue weighted by Gasteiger charge is 2.42. The SMILES string of the molecule is COc1cc2c(cc1OC)[C@@H](Cc1cc(OC)c(OC)c(OC)c1)[N+](C)(CCCOC(=O)CCCC(=O)OCCC[N+]1(C)CCc3cc(OC)c(OC)cc3[C@H]1Cc1cc(OC)c(OC)c(OC)c1)CC2.[Cl-].[Cl-]. The van der Waals surface area contributed by atoms with Crippen molar-refractivity contribution in [1.82, 2.24) is 0 Å². The second-order valence-electron chi connectivity index (χ2n) is 18.7. The van der Waals surface area contributed by atoms with E-state index in [1.54, 1.807) is 71.1 Å². The molecule has 4 atom stereocenters. The number of esters is 2. The van der Waals surface area contributed by atoms with Gasteiger partial charge >= 0.3 is 11.9 Å². The summed E-state index contributed by atoms with van der Waals surface area (Å²) in [4.78, 5) is 25.9. The molecule has 0 N–H and O–H groups in total. The Bertz CT molecular complexity index is 2260. The first-order chi connectivity index (χ1) is 34.2. The first-order valence-corrected chi connectivity index (χ1v) is 24.3. The van der Waals surface area contributed by atoms with E-state index in [0.717, 1.165) is 50.1 Å². The van der Waals surface area contributed by atoms with Crippen LogP contribution in [0, 0.1) is 0 Å². The molecule has 73 heavy (non-hydrogen) atoms. The number of fused-ring (bicyclic) bond motifs is 2. The Balaban J connectivity index is 0.00000578. The Labute approximate surface area is 444 Å². The molecular formula is C55H76Cl2N2O14. The molecule has 2 heterocycles. The van der Waals surface area contributed by atoms with Gasteiger partial charge in [-0.05, 0) is 77.2 Å². The molecule has 0 spiro atoms. The van der Waals surface area contributed by atoms with Gasteiger partial charge in [-0.3, -0.25) is 9.59 Å². The predicted molar refractivity (Wildman–Crippen MR) is 268 cm³/mol. The van der Waals surface area contributed by atoms with E-state index in [9.17, 15) is 9.59 Å². The monoisotopic (exact) mass is 1060 g/mol. The summed E-state index contributed by atoms with van der Waals surface area (Å²) in [6.45, 7) is 3.83. The molecule has 4 aromatic carbocycles. The number of benzene rings is 4. The lowest BCUT2D eigenvalue weighted by atomic mass is 9.86. The Morgan fingerprint density at radius 2 is 0.753 bits per heavy atom. The van der Waals surface area contributed by atoms with Crippen LogP contribution < -0.4 is 72.2 Å². The van der Waals surface area contributed by atoms with Crippen LogP contribution in [0.1, 0.15) is 77.6 Å². The van der Waals surface area contributed by atoms with Crippen LogP contribution in [0.15, 0.2) is 48.5 Å². The van der Waals surface area contributed by atoms with Crippen molar-refractivity contribution in [3.05, 3.63) is 81.9 Å². The maximum Gasteiger partial charge on any atom is 0.305 e. The Morgan fingerprint density at radius 3 is 1.05 bits per heavy atom. The number of nitrogens with zero attached hydrogens (tertiary/aromatic N) is 2. The van der Waals surface area contributed by atoms with E-state index in [2.05, 4.69) is 38.4 Å². The summed E-state index contributed by atoms with van der Waals surface area (Å²) >= 11 is 0. The fraction of sp³-hybridized carbons (Fsp3) is 0.527. The van der Waals surface area contributed by atoms with E-state index in [1.165, 1.54) is 22.3 Å². The van der Waals surface area contributed by atoms with E-state index in [1.807, 2.05) is 24.3 Å². The molecule has 0 saturated heterocycles. The number of halogens is 2. The van der Waals surface area contributed by atoms with Crippen molar-refractivity contribution >= 4 is 11.9 Å². The standard InChI is InChI=1S/C55H76N2O14.2ClH/c1-56(22-18-38-32-44(60-3)46(62-5)34-40(38)42(56)26-36-28-48(64-7)54(68-11)49(29-36)65-8)20-14-24-70-52(58)16-13-17-53(59)71-25-15-21-57(2)23-19-39-33-45(61-4)47(63-6)35-41(39)43(57)27-37-30-50(66-9)55(69-12)51(31-37)67-10;;/h28-35,42-43H,13-27H2,1-12H3;2*1H/q+2;;/p-2/t42-,43-,56?,57?;;/m1../s1. The van der Waals surface area contributed by atoms with Gasteiger partial charge < -0.3 is 90.6 Å². The van der Waals surface area contributed by atoms with Gasteiger partial charge in [0.2, 0.25) is 11.5 Å². The minimum Gasteiger partial charge on any atom is -1.00 e. The van der Waals surface area contributed by atoms with Gasteiger partial charge in [0.15, 0.2) is 46.0 Å². The van der Waals surface area contributed by atoms with Gasteiger partial charge in [-0.1, -0.05) is 0 Å². The zero-order valence-corrected chi connectivity index (χ0v) is 46.3. The Kier molecular flexibility index (Phi) is 22.6. The highest BCUT2D eigenvalue weighted by Crippen LogP contribution is 2.47. The van der Waals surface area contributed by atoms with Crippen molar-refractivity contribution in [3.8, 4) is 57.5 Å². The average molecular weight is 1060 g/mol. The molecule has 0 fully saturated rings. The Hall–Kier alpha value is -5.68. The van der Waals surface area contributed by atoms with Crippen LogP contribution in [0.25, 0.3) is 0 Å². The van der Waals surface area contributed by atoms with E-state index in [-0.39, 0.29) is 74.9 Å². The molecule has 0 saturated carbocycles. The lowest BCUT2D eigenvalue weighted by Crippen LogP contribution is -3.00. The highest BCUT2D eigenvalue weighted by atomic mass is 35.5. The molecule has 0 bridgehead atoms. The van der Waals surface area contributed by atoms with Gasteiger partial charge in [0.05, 0.1) is 125 Å². The minimum atomic E-state index is -0.328. The van der Waals surface area contributed by atoms with Gasteiger partial charge in [0.25, 0.3) is 0 Å². The quantitative estimate of drug-likeness (QED) is 0.0515. The zero-order chi connectivity index (χ0) is 51.3. The third-order valence-corrected chi connectivity index (χ3v) is 14.5. The third-order valence-electron chi connectivity index (χ3n) is 14.5. The summed E-state index contributed by atoms with van der Waals surface area (Å²) in [5, 5.41) is 0. The molecule has 0 radical (unpaired) electrons. The van der Waals surface area contributed by atoms with E-state index in [4.69, 9.17) is 56.8 Å². The molecule has 6 rings (SSSR count). The molecule has 404 valence electrons.